The van der Waals surface area contributed by atoms with E-state index in [4.69, 9.17) is 4.42 Å². The molecule has 3 rings (SSSR count). The lowest BCUT2D eigenvalue weighted by Gasteiger charge is -2.05. The number of nitrogens with one attached hydrogen (secondary N) is 2. The first-order chi connectivity index (χ1) is 11.2. The molecule has 2 N–H and O–H groups in total. The van der Waals surface area contributed by atoms with Gasteiger partial charge in [-0.05, 0) is 24.3 Å². The van der Waals surface area contributed by atoms with Crippen LogP contribution in [0.25, 0.3) is 11.3 Å². The number of aromatic nitrogens is 1. The number of carbonyl (C=O) groups excluding carboxylic acids is 1. The zero-order valence-corrected chi connectivity index (χ0v) is 12.1. The molecule has 2 aromatic carbocycles. The molecule has 1 aromatic heterocycles. The number of amides is 2. The first-order valence-corrected chi connectivity index (χ1v) is 7.01. The van der Waals surface area contributed by atoms with Gasteiger partial charge in [0, 0.05) is 11.3 Å². The van der Waals surface area contributed by atoms with E-state index in [2.05, 4.69) is 15.6 Å². The van der Waals surface area contributed by atoms with Gasteiger partial charge in [-0.25, -0.2) is 14.2 Å². The standard InChI is InChI=1S/C17H14FN3O2/c18-13-6-8-14(9-7-13)21-17(22)20-11-16-19-10-15(23-16)12-4-2-1-3-5-12/h1-10H,11H2,(H2,20,21,22). The van der Waals surface area contributed by atoms with Crippen LogP contribution in [0.15, 0.2) is 65.2 Å². The molecule has 0 fully saturated rings. The average Bonchev–Trinajstić information content (AvgIpc) is 3.05. The van der Waals surface area contributed by atoms with E-state index < -0.39 is 6.03 Å². The molecule has 2 amide bonds. The second-order valence-corrected chi connectivity index (χ2v) is 4.80. The zero-order chi connectivity index (χ0) is 16.1. The van der Waals surface area contributed by atoms with Gasteiger partial charge in [-0.15, -0.1) is 0 Å². The van der Waals surface area contributed by atoms with E-state index in [1.165, 1.54) is 24.3 Å². The summed E-state index contributed by atoms with van der Waals surface area (Å²) >= 11 is 0. The second-order valence-electron chi connectivity index (χ2n) is 4.80. The van der Waals surface area contributed by atoms with Crippen LogP contribution >= 0.6 is 0 Å². The van der Waals surface area contributed by atoms with E-state index in [9.17, 15) is 9.18 Å². The highest BCUT2D eigenvalue weighted by Gasteiger charge is 2.08. The van der Waals surface area contributed by atoms with Gasteiger partial charge in [-0.2, -0.15) is 0 Å². The third-order valence-electron chi connectivity index (χ3n) is 3.11. The van der Waals surface area contributed by atoms with Crippen LogP contribution in [-0.2, 0) is 6.54 Å². The van der Waals surface area contributed by atoms with Gasteiger partial charge in [-0.3, -0.25) is 0 Å². The van der Waals surface area contributed by atoms with E-state index in [1.807, 2.05) is 30.3 Å². The molecule has 0 aliphatic rings. The van der Waals surface area contributed by atoms with Crippen LogP contribution in [0.5, 0.6) is 0 Å². The number of halogens is 1. The molecule has 0 saturated carbocycles. The van der Waals surface area contributed by atoms with Crippen LogP contribution in [0.2, 0.25) is 0 Å². The van der Waals surface area contributed by atoms with E-state index in [-0.39, 0.29) is 12.4 Å². The summed E-state index contributed by atoms with van der Waals surface area (Å²) in [4.78, 5) is 15.9. The lowest BCUT2D eigenvalue weighted by Crippen LogP contribution is -2.28. The van der Waals surface area contributed by atoms with Crippen LogP contribution in [-0.4, -0.2) is 11.0 Å². The quantitative estimate of drug-likeness (QED) is 0.770. The van der Waals surface area contributed by atoms with Gasteiger partial charge in [0.2, 0.25) is 5.89 Å². The molecule has 0 radical (unpaired) electrons. The van der Waals surface area contributed by atoms with Crippen molar-refractivity contribution >= 4 is 11.7 Å². The van der Waals surface area contributed by atoms with Crippen molar-refractivity contribution in [3.63, 3.8) is 0 Å². The van der Waals surface area contributed by atoms with Gasteiger partial charge in [-0.1, -0.05) is 30.3 Å². The summed E-state index contributed by atoms with van der Waals surface area (Å²) in [6.07, 6.45) is 1.62. The summed E-state index contributed by atoms with van der Waals surface area (Å²) in [5, 5.41) is 5.22. The number of hydrogen-bond acceptors (Lipinski definition) is 3. The summed E-state index contributed by atoms with van der Waals surface area (Å²) in [5.41, 5.74) is 1.42. The number of carbonyl (C=O) groups is 1. The first kappa shape index (κ1) is 14.8. The van der Waals surface area contributed by atoms with Crippen molar-refractivity contribution in [2.45, 2.75) is 6.54 Å². The third kappa shape index (κ3) is 3.94. The van der Waals surface area contributed by atoms with E-state index in [0.717, 1.165) is 5.56 Å². The third-order valence-corrected chi connectivity index (χ3v) is 3.11. The van der Waals surface area contributed by atoms with Crippen molar-refractivity contribution in [1.29, 1.82) is 0 Å². The van der Waals surface area contributed by atoms with Gasteiger partial charge >= 0.3 is 6.03 Å². The molecule has 5 nitrogen and oxygen atoms in total. The van der Waals surface area contributed by atoms with Gasteiger partial charge < -0.3 is 15.1 Å². The normalized spacial score (nSPS) is 10.3. The number of nitrogens with zero attached hydrogens (tertiary/aromatic N) is 1. The number of hydrogen-bond donors (Lipinski definition) is 2. The van der Waals surface area contributed by atoms with Crippen LogP contribution < -0.4 is 10.6 Å². The van der Waals surface area contributed by atoms with Gasteiger partial charge in [0.15, 0.2) is 5.76 Å². The van der Waals surface area contributed by atoms with Crippen LogP contribution in [0, 0.1) is 5.82 Å². The molecule has 0 bridgehead atoms. The Labute approximate surface area is 132 Å². The molecule has 0 spiro atoms. The minimum atomic E-state index is -0.420. The smallest absolute Gasteiger partial charge is 0.319 e. The van der Waals surface area contributed by atoms with E-state index in [1.54, 1.807) is 6.20 Å². The van der Waals surface area contributed by atoms with Gasteiger partial charge in [0.1, 0.15) is 5.82 Å². The number of benzene rings is 2. The minimum absolute atomic E-state index is 0.153. The zero-order valence-electron chi connectivity index (χ0n) is 12.1. The Balaban J connectivity index is 1.55. The van der Waals surface area contributed by atoms with E-state index >= 15 is 0 Å². The molecule has 0 aliphatic heterocycles. The molecule has 1 heterocycles. The SMILES string of the molecule is O=C(NCc1ncc(-c2ccccc2)o1)Nc1ccc(F)cc1. The van der Waals surface area contributed by atoms with Crippen LogP contribution in [0.1, 0.15) is 5.89 Å². The van der Waals surface area contributed by atoms with E-state index in [0.29, 0.717) is 17.3 Å². The fraction of sp³-hybridized carbons (Fsp3) is 0.0588. The maximum absolute atomic E-state index is 12.8. The van der Waals surface area contributed by atoms with Crippen LogP contribution in [0.3, 0.4) is 0 Å². The molecular weight excluding hydrogens is 297 g/mol. The lowest BCUT2D eigenvalue weighted by atomic mass is 10.2. The maximum Gasteiger partial charge on any atom is 0.319 e. The number of oxazole rings is 1. The highest BCUT2D eigenvalue weighted by molar-refractivity contribution is 5.89. The average molecular weight is 311 g/mol. The van der Waals surface area contributed by atoms with Crippen molar-refractivity contribution in [2.24, 2.45) is 0 Å². The van der Waals surface area contributed by atoms with Crippen molar-refractivity contribution in [2.75, 3.05) is 5.32 Å². The summed E-state index contributed by atoms with van der Waals surface area (Å²) in [6, 6.07) is 14.7. The summed E-state index contributed by atoms with van der Waals surface area (Å²) in [6.45, 7) is 0.153. The molecule has 0 aliphatic carbocycles. The molecule has 0 saturated heterocycles. The highest BCUT2D eigenvalue weighted by Crippen LogP contribution is 2.19. The minimum Gasteiger partial charge on any atom is -0.439 e. The number of anilines is 1. The molecule has 0 atom stereocenters. The summed E-state index contributed by atoms with van der Waals surface area (Å²) in [5.74, 6) is 0.684. The Kier molecular flexibility index (Phi) is 4.33. The van der Waals surface area contributed by atoms with Gasteiger partial charge in [0.25, 0.3) is 0 Å². The second kappa shape index (κ2) is 6.74. The topological polar surface area (TPSA) is 67.2 Å². The Morgan fingerprint density at radius 1 is 1.09 bits per heavy atom. The highest BCUT2D eigenvalue weighted by atomic mass is 19.1. The number of urea groups is 1. The fourth-order valence-corrected chi connectivity index (χ4v) is 1.99. The predicted octanol–water partition coefficient (Wildman–Crippen LogP) is 3.80. The molecule has 3 aromatic rings. The van der Waals surface area contributed by atoms with Crippen molar-refractivity contribution < 1.29 is 13.6 Å². The molecule has 6 heteroatoms. The molecule has 23 heavy (non-hydrogen) atoms. The van der Waals surface area contributed by atoms with Crippen molar-refractivity contribution in [3.8, 4) is 11.3 Å². The fourth-order valence-electron chi connectivity index (χ4n) is 1.99. The maximum atomic E-state index is 12.8. The van der Waals surface area contributed by atoms with Gasteiger partial charge in [0.05, 0.1) is 12.7 Å². The Morgan fingerprint density at radius 3 is 2.57 bits per heavy atom. The molecular formula is C17H14FN3O2. The van der Waals surface area contributed by atoms with Crippen molar-refractivity contribution in [3.05, 3.63) is 72.5 Å². The predicted molar refractivity (Wildman–Crippen MR) is 84.2 cm³/mol. The largest absolute Gasteiger partial charge is 0.439 e. The lowest BCUT2D eigenvalue weighted by molar-refractivity contribution is 0.250. The Morgan fingerprint density at radius 2 is 1.83 bits per heavy atom. The molecule has 0 unspecified atom stereocenters. The van der Waals surface area contributed by atoms with Crippen molar-refractivity contribution in [1.82, 2.24) is 10.3 Å². The monoisotopic (exact) mass is 311 g/mol. The Hall–Kier alpha value is -3.15. The number of rotatable bonds is 4. The van der Waals surface area contributed by atoms with Crippen LogP contribution in [0.4, 0.5) is 14.9 Å². The summed E-state index contributed by atoms with van der Waals surface area (Å²) in [7, 11) is 0. The summed E-state index contributed by atoms with van der Waals surface area (Å²) < 4.78 is 18.4. The Bertz CT molecular complexity index is 785. The molecule has 116 valence electrons. The first-order valence-electron chi connectivity index (χ1n) is 7.01.